The number of carbonyl (C=O) groups excluding carboxylic acids is 1. The number of hydrogen-bond donors (Lipinski definition) is 2. The molecule has 3 aliphatic rings. The van der Waals surface area contributed by atoms with Gasteiger partial charge in [-0.1, -0.05) is 5.21 Å². The van der Waals surface area contributed by atoms with Crippen LogP contribution in [-0.2, 0) is 9.59 Å². The first-order valence-corrected chi connectivity index (χ1v) is 8.06. The van der Waals surface area contributed by atoms with Gasteiger partial charge in [-0.25, -0.2) is 4.68 Å². The fourth-order valence-electron chi connectivity index (χ4n) is 3.33. The lowest BCUT2D eigenvalue weighted by Gasteiger charge is -2.20. The molecule has 0 aromatic carbocycles. The Bertz CT molecular complexity index is 606. The SMILES string of the molecule is O=C(O)C1C[C@@H](NC(=O)C2CC2)[C@@H](n2cc(C3CC3)nn2)C1. The largest absolute Gasteiger partial charge is 0.481 e. The quantitative estimate of drug-likeness (QED) is 0.848. The molecule has 0 bridgehead atoms. The average Bonchev–Trinajstić information content (AvgIpc) is 3.41. The third-order valence-corrected chi connectivity index (χ3v) is 5.02. The van der Waals surface area contributed by atoms with Crippen LogP contribution < -0.4 is 5.32 Å². The average molecular weight is 304 g/mol. The van der Waals surface area contributed by atoms with Gasteiger partial charge in [0.15, 0.2) is 0 Å². The summed E-state index contributed by atoms with van der Waals surface area (Å²) in [5, 5.41) is 20.7. The van der Waals surface area contributed by atoms with E-state index in [1.807, 2.05) is 6.20 Å². The number of carboxylic acid groups (broad SMARTS) is 1. The van der Waals surface area contributed by atoms with Gasteiger partial charge in [-0.05, 0) is 38.5 Å². The van der Waals surface area contributed by atoms with Crippen molar-refractivity contribution >= 4 is 11.9 Å². The molecule has 3 atom stereocenters. The lowest BCUT2D eigenvalue weighted by atomic mass is 10.1. The van der Waals surface area contributed by atoms with Gasteiger partial charge in [-0.15, -0.1) is 5.10 Å². The molecule has 7 heteroatoms. The van der Waals surface area contributed by atoms with Crippen molar-refractivity contribution in [2.45, 2.75) is 56.5 Å². The molecular formula is C15H20N4O3. The van der Waals surface area contributed by atoms with Crippen LogP contribution in [0, 0.1) is 11.8 Å². The van der Waals surface area contributed by atoms with Gasteiger partial charge in [0.2, 0.25) is 5.91 Å². The Morgan fingerprint density at radius 2 is 1.95 bits per heavy atom. The topological polar surface area (TPSA) is 97.1 Å². The van der Waals surface area contributed by atoms with Gasteiger partial charge in [0.05, 0.1) is 23.7 Å². The van der Waals surface area contributed by atoms with Gasteiger partial charge in [-0.2, -0.15) is 0 Å². The van der Waals surface area contributed by atoms with Crippen LogP contribution in [0.4, 0.5) is 0 Å². The van der Waals surface area contributed by atoms with Crippen molar-refractivity contribution in [3.05, 3.63) is 11.9 Å². The summed E-state index contributed by atoms with van der Waals surface area (Å²) in [7, 11) is 0. The van der Waals surface area contributed by atoms with Gasteiger partial charge in [-0.3, -0.25) is 9.59 Å². The van der Waals surface area contributed by atoms with Crippen molar-refractivity contribution < 1.29 is 14.7 Å². The molecule has 7 nitrogen and oxygen atoms in total. The standard InChI is InChI=1S/C15H20N4O3/c20-14(9-3-4-9)16-11-5-10(15(21)22)6-13(11)19-7-12(17-18-19)8-1-2-8/h7-11,13H,1-6H2,(H,16,20)(H,21,22)/t10?,11-,13+/m1/s1. The number of rotatable bonds is 5. The van der Waals surface area contributed by atoms with E-state index in [2.05, 4.69) is 15.6 Å². The number of nitrogens with one attached hydrogen (secondary N) is 1. The van der Waals surface area contributed by atoms with E-state index in [1.165, 1.54) is 0 Å². The molecule has 0 radical (unpaired) electrons. The molecule has 1 amide bonds. The minimum absolute atomic E-state index is 0.0589. The summed E-state index contributed by atoms with van der Waals surface area (Å²) in [5.41, 5.74) is 0.992. The zero-order chi connectivity index (χ0) is 15.3. The van der Waals surface area contributed by atoms with E-state index in [0.29, 0.717) is 18.8 Å². The van der Waals surface area contributed by atoms with Crippen LogP contribution in [0.3, 0.4) is 0 Å². The first-order valence-electron chi connectivity index (χ1n) is 8.06. The summed E-state index contributed by atoms with van der Waals surface area (Å²) in [5.74, 6) is -0.519. The highest BCUT2D eigenvalue weighted by atomic mass is 16.4. The molecule has 1 unspecified atom stereocenters. The van der Waals surface area contributed by atoms with Crippen molar-refractivity contribution in [1.29, 1.82) is 0 Å². The van der Waals surface area contributed by atoms with Gasteiger partial charge >= 0.3 is 5.97 Å². The highest BCUT2D eigenvalue weighted by Gasteiger charge is 2.42. The highest BCUT2D eigenvalue weighted by Crippen LogP contribution is 2.40. The van der Waals surface area contributed by atoms with Crippen molar-refractivity contribution in [2.75, 3.05) is 0 Å². The monoisotopic (exact) mass is 304 g/mol. The number of aromatic nitrogens is 3. The molecule has 3 fully saturated rings. The Labute approximate surface area is 128 Å². The van der Waals surface area contributed by atoms with E-state index in [1.54, 1.807) is 4.68 Å². The van der Waals surface area contributed by atoms with Gasteiger partial charge in [0.1, 0.15) is 0 Å². The molecule has 1 aromatic heterocycles. The van der Waals surface area contributed by atoms with Crippen LogP contribution in [0.1, 0.15) is 56.2 Å². The number of carboxylic acids is 1. The predicted octanol–water partition coefficient (Wildman–Crippen LogP) is 1.09. The first kappa shape index (κ1) is 13.7. The molecule has 1 heterocycles. The summed E-state index contributed by atoms with van der Waals surface area (Å²) in [4.78, 5) is 23.4. The molecule has 2 N–H and O–H groups in total. The summed E-state index contributed by atoms with van der Waals surface area (Å²) in [6.45, 7) is 0. The van der Waals surface area contributed by atoms with Gasteiger partial charge < -0.3 is 10.4 Å². The number of nitrogens with zero attached hydrogens (tertiary/aromatic N) is 3. The molecule has 1 aromatic rings. The first-order chi connectivity index (χ1) is 10.6. The molecule has 0 aliphatic heterocycles. The second kappa shape index (κ2) is 5.07. The maximum Gasteiger partial charge on any atom is 0.306 e. The molecule has 0 spiro atoms. The Morgan fingerprint density at radius 3 is 2.59 bits per heavy atom. The second-order valence-corrected chi connectivity index (χ2v) is 6.86. The van der Waals surface area contributed by atoms with E-state index in [-0.39, 0.29) is 23.9 Å². The fourth-order valence-corrected chi connectivity index (χ4v) is 3.33. The van der Waals surface area contributed by atoms with Crippen LogP contribution in [-0.4, -0.2) is 38.0 Å². The maximum atomic E-state index is 12.0. The highest BCUT2D eigenvalue weighted by molar-refractivity contribution is 5.81. The van der Waals surface area contributed by atoms with Crippen LogP contribution in [0.15, 0.2) is 6.20 Å². The minimum Gasteiger partial charge on any atom is -0.481 e. The maximum absolute atomic E-state index is 12.0. The lowest BCUT2D eigenvalue weighted by molar-refractivity contribution is -0.141. The van der Waals surface area contributed by atoms with Crippen molar-refractivity contribution in [3.63, 3.8) is 0 Å². The van der Waals surface area contributed by atoms with Crippen LogP contribution >= 0.6 is 0 Å². The third-order valence-electron chi connectivity index (χ3n) is 5.02. The van der Waals surface area contributed by atoms with E-state index in [9.17, 15) is 14.7 Å². The van der Waals surface area contributed by atoms with Crippen molar-refractivity contribution in [3.8, 4) is 0 Å². The zero-order valence-corrected chi connectivity index (χ0v) is 12.3. The van der Waals surface area contributed by atoms with E-state index in [0.717, 1.165) is 31.4 Å². The molecule has 3 saturated carbocycles. The number of aliphatic carboxylic acids is 1. The fraction of sp³-hybridized carbons (Fsp3) is 0.733. The normalized spacial score (nSPS) is 31.2. The summed E-state index contributed by atoms with van der Waals surface area (Å²) >= 11 is 0. The molecule has 0 saturated heterocycles. The molecule has 3 aliphatic carbocycles. The van der Waals surface area contributed by atoms with Gasteiger partial charge in [0.25, 0.3) is 0 Å². The van der Waals surface area contributed by atoms with Crippen molar-refractivity contribution in [2.24, 2.45) is 11.8 Å². The van der Waals surface area contributed by atoms with Crippen LogP contribution in [0.2, 0.25) is 0 Å². The van der Waals surface area contributed by atoms with E-state index >= 15 is 0 Å². The van der Waals surface area contributed by atoms with Crippen LogP contribution in [0.5, 0.6) is 0 Å². The summed E-state index contributed by atoms with van der Waals surface area (Å²) in [6, 6.07) is -0.272. The Hall–Kier alpha value is -1.92. The predicted molar refractivity (Wildman–Crippen MR) is 76.0 cm³/mol. The lowest BCUT2D eigenvalue weighted by Crippen LogP contribution is -2.39. The van der Waals surface area contributed by atoms with Crippen LogP contribution in [0.25, 0.3) is 0 Å². The number of carbonyl (C=O) groups is 2. The smallest absolute Gasteiger partial charge is 0.306 e. The Morgan fingerprint density at radius 1 is 1.18 bits per heavy atom. The number of hydrogen-bond acceptors (Lipinski definition) is 4. The molecule has 22 heavy (non-hydrogen) atoms. The van der Waals surface area contributed by atoms with E-state index in [4.69, 9.17) is 0 Å². The van der Waals surface area contributed by atoms with Gasteiger partial charge in [0, 0.05) is 18.0 Å². The Kier molecular flexibility index (Phi) is 3.16. The molecular weight excluding hydrogens is 284 g/mol. The zero-order valence-electron chi connectivity index (χ0n) is 12.3. The molecule has 118 valence electrons. The third kappa shape index (κ3) is 2.60. The van der Waals surface area contributed by atoms with Crippen molar-refractivity contribution in [1.82, 2.24) is 20.3 Å². The Balaban J connectivity index is 1.52. The molecule has 4 rings (SSSR count). The second-order valence-electron chi connectivity index (χ2n) is 6.86. The summed E-state index contributed by atoms with van der Waals surface area (Å²) < 4.78 is 1.77. The minimum atomic E-state index is -0.796. The van der Waals surface area contributed by atoms with E-state index < -0.39 is 11.9 Å². The number of amides is 1. The summed E-state index contributed by atoms with van der Waals surface area (Å²) in [6.07, 6.45) is 7.10.